The van der Waals surface area contributed by atoms with Crippen LogP contribution in [0.5, 0.6) is 0 Å². The SMILES string of the molecule is C(=Cc1ccccc1)C1=CCC(N(c2ccccc2)c2ccc3oc4ccccc4c3c2)(N(c2ccccc2)c2ccc3oc4ccccc4c3c2)C=C1. The molecule has 0 bridgehead atoms. The van der Waals surface area contributed by atoms with E-state index < -0.39 is 5.66 Å². The van der Waals surface area contributed by atoms with Gasteiger partial charge in [0, 0.05) is 50.7 Å². The number of furan rings is 2. The fourth-order valence-corrected chi connectivity index (χ4v) is 8.00. The molecule has 0 N–H and O–H groups in total. The number of para-hydroxylation sites is 4. The zero-order chi connectivity index (χ0) is 35.9. The van der Waals surface area contributed by atoms with Gasteiger partial charge in [-0.1, -0.05) is 127 Å². The third kappa shape index (κ3) is 5.48. The van der Waals surface area contributed by atoms with Gasteiger partial charge in [0.1, 0.15) is 28.0 Å². The number of nitrogens with zero attached hydrogens (tertiary/aromatic N) is 2. The van der Waals surface area contributed by atoms with Gasteiger partial charge in [-0.05, 0) is 90.0 Å². The lowest BCUT2D eigenvalue weighted by molar-refractivity contribution is 0.523. The summed E-state index contributed by atoms with van der Waals surface area (Å²) in [6.07, 6.45) is 12.1. The summed E-state index contributed by atoms with van der Waals surface area (Å²) in [5.74, 6) is 0. The van der Waals surface area contributed by atoms with Crippen LogP contribution in [0.2, 0.25) is 0 Å². The minimum atomic E-state index is -0.743. The predicted octanol–water partition coefficient (Wildman–Crippen LogP) is 13.8. The standard InChI is InChI=1S/C50H36N2O2/c1-4-14-36(15-5-1)24-25-37-30-32-50(33-31-37,51(38-16-6-2-7-17-38)40-26-28-48-44(34-40)42-20-10-12-22-46(42)53-48)52(39-18-8-3-9-19-39)41-27-29-49-45(35-41)43-21-11-13-23-47(43)54-49/h1-32,34-35H,33H2. The van der Waals surface area contributed by atoms with Crippen molar-refractivity contribution >= 4 is 72.7 Å². The van der Waals surface area contributed by atoms with Crippen LogP contribution in [0.4, 0.5) is 22.7 Å². The molecule has 2 heterocycles. The Balaban J connectivity index is 1.23. The number of rotatable bonds is 8. The summed E-state index contributed by atoms with van der Waals surface area (Å²) >= 11 is 0. The summed E-state index contributed by atoms with van der Waals surface area (Å²) in [7, 11) is 0. The lowest BCUT2D eigenvalue weighted by Crippen LogP contribution is -2.57. The molecule has 258 valence electrons. The van der Waals surface area contributed by atoms with E-state index in [2.05, 4.69) is 192 Å². The lowest BCUT2D eigenvalue weighted by atomic mass is 9.89. The van der Waals surface area contributed by atoms with Crippen molar-refractivity contribution in [2.75, 3.05) is 9.80 Å². The molecule has 0 aliphatic heterocycles. The number of hydrogen-bond donors (Lipinski definition) is 0. The van der Waals surface area contributed by atoms with E-state index in [1.165, 1.54) is 5.56 Å². The highest BCUT2D eigenvalue weighted by Crippen LogP contribution is 2.48. The van der Waals surface area contributed by atoms with Crippen LogP contribution >= 0.6 is 0 Å². The molecule has 7 aromatic carbocycles. The summed E-state index contributed by atoms with van der Waals surface area (Å²) in [5, 5.41) is 4.36. The van der Waals surface area contributed by atoms with Gasteiger partial charge in [0.2, 0.25) is 0 Å². The Morgan fingerprint density at radius 2 is 0.889 bits per heavy atom. The van der Waals surface area contributed by atoms with Crippen molar-refractivity contribution in [3.05, 3.63) is 211 Å². The molecule has 0 radical (unpaired) electrons. The summed E-state index contributed by atoms with van der Waals surface area (Å²) in [6.45, 7) is 0. The highest BCUT2D eigenvalue weighted by molar-refractivity contribution is 6.07. The van der Waals surface area contributed by atoms with Crippen molar-refractivity contribution in [3.63, 3.8) is 0 Å². The normalized spacial score (nSPS) is 14.0. The molecule has 0 fully saturated rings. The highest BCUT2D eigenvalue weighted by atomic mass is 16.3. The van der Waals surface area contributed by atoms with Crippen molar-refractivity contribution in [3.8, 4) is 0 Å². The van der Waals surface area contributed by atoms with Crippen molar-refractivity contribution in [2.24, 2.45) is 0 Å². The average molecular weight is 697 g/mol. The monoisotopic (exact) mass is 696 g/mol. The van der Waals surface area contributed by atoms with E-state index in [1.807, 2.05) is 24.3 Å². The molecular formula is C50H36N2O2. The van der Waals surface area contributed by atoms with E-state index in [-0.39, 0.29) is 0 Å². The number of benzene rings is 7. The molecule has 9 aromatic rings. The van der Waals surface area contributed by atoms with Crippen LogP contribution in [0.1, 0.15) is 12.0 Å². The van der Waals surface area contributed by atoms with Gasteiger partial charge in [-0.3, -0.25) is 0 Å². The van der Waals surface area contributed by atoms with Crippen LogP contribution < -0.4 is 9.80 Å². The molecule has 4 nitrogen and oxygen atoms in total. The van der Waals surface area contributed by atoms with Gasteiger partial charge in [-0.2, -0.15) is 0 Å². The Morgan fingerprint density at radius 1 is 0.426 bits per heavy atom. The first-order valence-electron chi connectivity index (χ1n) is 18.4. The van der Waals surface area contributed by atoms with Crippen molar-refractivity contribution in [2.45, 2.75) is 12.1 Å². The Hall–Kier alpha value is -7.04. The van der Waals surface area contributed by atoms with Crippen molar-refractivity contribution in [1.29, 1.82) is 0 Å². The largest absolute Gasteiger partial charge is 0.456 e. The third-order valence-corrected chi connectivity index (χ3v) is 10.5. The fraction of sp³-hybridized carbons (Fsp3) is 0.0400. The van der Waals surface area contributed by atoms with E-state index in [0.717, 1.165) is 72.2 Å². The predicted molar refractivity (Wildman–Crippen MR) is 225 cm³/mol. The average Bonchev–Trinajstić information content (AvgIpc) is 3.80. The molecule has 0 spiro atoms. The Labute approximate surface area is 313 Å². The molecule has 0 saturated heterocycles. The first kappa shape index (κ1) is 31.7. The molecular weight excluding hydrogens is 661 g/mol. The zero-order valence-electron chi connectivity index (χ0n) is 29.5. The smallest absolute Gasteiger partial charge is 0.145 e. The summed E-state index contributed by atoms with van der Waals surface area (Å²) < 4.78 is 12.7. The van der Waals surface area contributed by atoms with E-state index in [0.29, 0.717) is 6.42 Å². The summed E-state index contributed by atoms with van der Waals surface area (Å²) in [4.78, 5) is 4.98. The first-order valence-corrected chi connectivity index (χ1v) is 18.4. The van der Waals surface area contributed by atoms with Gasteiger partial charge in [0.05, 0.1) is 0 Å². The first-order chi connectivity index (χ1) is 26.7. The minimum absolute atomic E-state index is 0.677. The fourth-order valence-electron chi connectivity index (χ4n) is 8.00. The van der Waals surface area contributed by atoms with Gasteiger partial charge in [-0.15, -0.1) is 0 Å². The lowest BCUT2D eigenvalue weighted by Gasteiger charge is -2.52. The minimum Gasteiger partial charge on any atom is -0.456 e. The second-order valence-corrected chi connectivity index (χ2v) is 13.8. The molecule has 1 aliphatic rings. The van der Waals surface area contributed by atoms with Crippen molar-refractivity contribution in [1.82, 2.24) is 0 Å². The van der Waals surface area contributed by atoms with Crippen LogP contribution in [0.15, 0.2) is 215 Å². The molecule has 10 rings (SSSR count). The van der Waals surface area contributed by atoms with Crippen LogP contribution in [0.3, 0.4) is 0 Å². The van der Waals surface area contributed by atoms with E-state index in [4.69, 9.17) is 8.83 Å². The Kier molecular flexibility index (Phi) is 7.73. The summed E-state index contributed by atoms with van der Waals surface area (Å²) in [6, 6.07) is 61.7. The van der Waals surface area contributed by atoms with Gasteiger partial charge >= 0.3 is 0 Å². The number of anilines is 4. The van der Waals surface area contributed by atoms with Crippen molar-refractivity contribution < 1.29 is 8.83 Å². The number of hydrogen-bond acceptors (Lipinski definition) is 4. The van der Waals surface area contributed by atoms with Gasteiger partial charge < -0.3 is 18.6 Å². The molecule has 0 amide bonds. The molecule has 4 heteroatoms. The molecule has 2 aromatic heterocycles. The highest BCUT2D eigenvalue weighted by Gasteiger charge is 2.43. The topological polar surface area (TPSA) is 32.8 Å². The maximum atomic E-state index is 6.33. The van der Waals surface area contributed by atoms with Gasteiger partial charge in [0.25, 0.3) is 0 Å². The molecule has 0 atom stereocenters. The van der Waals surface area contributed by atoms with Gasteiger partial charge in [0.15, 0.2) is 0 Å². The Bertz CT molecular complexity index is 2710. The molecule has 1 aliphatic carbocycles. The molecule has 0 unspecified atom stereocenters. The summed E-state index contributed by atoms with van der Waals surface area (Å²) in [5.41, 5.74) is 9.33. The van der Waals surface area contributed by atoms with Crippen LogP contribution in [0, 0.1) is 0 Å². The van der Waals surface area contributed by atoms with Gasteiger partial charge in [-0.25, -0.2) is 0 Å². The van der Waals surface area contributed by atoms with Crippen LogP contribution in [-0.2, 0) is 0 Å². The van der Waals surface area contributed by atoms with Crippen LogP contribution in [0.25, 0.3) is 50.0 Å². The zero-order valence-corrected chi connectivity index (χ0v) is 29.5. The Morgan fingerprint density at radius 3 is 1.39 bits per heavy atom. The third-order valence-electron chi connectivity index (χ3n) is 10.5. The number of allylic oxidation sites excluding steroid dienone is 3. The van der Waals surface area contributed by atoms with E-state index >= 15 is 0 Å². The van der Waals surface area contributed by atoms with E-state index in [1.54, 1.807) is 0 Å². The van der Waals surface area contributed by atoms with Crippen LogP contribution in [-0.4, -0.2) is 5.66 Å². The maximum Gasteiger partial charge on any atom is 0.145 e. The van der Waals surface area contributed by atoms with E-state index in [9.17, 15) is 0 Å². The molecule has 0 saturated carbocycles. The second-order valence-electron chi connectivity index (χ2n) is 13.8. The maximum absolute atomic E-state index is 6.33. The molecule has 54 heavy (non-hydrogen) atoms. The second kappa shape index (κ2) is 13.2. The number of fused-ring (bicyclic) bond motifs is 6. The quantitative estimate of drug-likeness (QED) is 0.148.